The van der Waals surface area contributed by atoms with Gasteiger partial charge in [-0.15, -0.1) is 0 Å². The molecule has 0 unspecified atom stereocenters. The maximum atomic E-state index is 11.8. The molecule has 2 heterocycles. The summed E-state index contributed by atoms with van der Waals surface area (Å²) in [6, 6.07) is 0. The Morgan fingerprint density at radius 3 is 2.35 bits per heavy atom. The second kappa shape index (κ2) is 6.93. The van der Waals surface area contributed by atoms with E-state index >= 15 is 0 Å². The summed E-state index contributed by atoms with van der Waals surface area (Å²) in [5, 5.41) is 22.1. The molecule has 4 saturated carbocycles. The van der Waals surface area contributed by atoms with Crippen LogP contribution in [0, 0.1) is 52.3 Å². The zero-order valence-corrected chi connectivity index (χ0v) is 20.1. The van der Waals surface area contributed by atoms with E-state index in [9.17, 15) is 10.2 Å². The van der Waals surface area contributed by atoms with Gasteiger partial charge in [0.2, 0.25) is 0 Å². The van der Waals surface area contributed by atoms with Crippen LogP contribution in [0.15, 0.2) is 0 Å². The fraction of sp³-hybridized carbons (Fsp3) is 1.00. The zero-order chi connectivity index (χ0) is 21.8. The van der Waals surface area contributed by atoms with Crippen molar-refractivity contribution in [1.29, 1.82) is 0 Å². The molecule has 2 saturated heterocycles. The van der Waals surface area contributed by atoms with Crippen LogP contribution in [0.3, 0.4) is 0 Å². The van der Waals surface area contributed by atoms with Gasteiger partial charge in [-0.1, -0.05) is 27.7 Å². The van der Waals surface area contributed by atoms with E-state index in [4.69, 9.17) is 9.47 Å². The highest BCUT2D eigenvalue weighted by atomic mass is 16.7. The zero-order valence-electron chi connectivity index (χ0n) is 20.1. The van der Waals surface area contributed by atoms with E-state index in [1.165, 1.54) is 25.7 Å². The van der Waals surface area contributed by atoms with Gasteiger partial charge < -0.3 is 19.7 Å². The summed E-state index contributed by atoms with van der Waals surface area (Å²) in [7, 11) is 0. The van der Waals surface area contributed by atoms with Crippen LogP contribution in [-0.4, -0.2) is 40.9 Å². The third-order valence-electron chi connectivity index (χ3n) is 11.9. The van der Waals surface area contributed by atoms with Gasteiger partial charge in [-0.2, -0.15) is 0 Å². The summed E-state index contributed by atoms with van der Waals surface area (Å²) in [5.41, 5.74) is 0.495. The first-order valence-corrected chi connectivity index (χ1v) is 13.4. The molecule has 13 atom stereocenters. The minimum Gasteiger partial charge on any atom is -0.393 e. The predicted molar refractivity (Wildman–Crippen MR) is 119 cm³/mol. The van der Waals surface area contributed by atoms with Crippen molar-refractivity contribution in [3.63, 3.8) is 0 Å². The normalized spacial score (nSPS) is 63.3. The average Bonchev–Trinajstić information content (AvgIpc) is 3.14. The van der Waals surface area contributed by atoms with Gasteiger partial charge in [-0.3, -0.25) is 0 Å². The van der Waals surface area contributed by atoms with E-state index < -0.39 is 5.79 Å². The third kappa shape index (κ3) is 2.74. The lowest BCUT2D eigenvalue weighted by atomic mass is 9.44. The molecule has 0 aromatic rings. The largest absolute Gasteiger partial charge is 0.393 e. The fourth-order valence-corrected chi connectivity index (χ4v) is 10.3. The Kier molecular flexibility index (Phi) is 4.78. The second-order valence-electron chi connectivity index (χ2n) is 13.2. The first-order valence-electron chi connectivity index (χ1n) is 13.4. The SMILES string of the molecule is C[C@@H]1CC[C@@]2(OC1)O[C@H]1[C@H](O)[C@H]3[C@@H]4CC[C@H]5C[C@H](O)CC[C@]5(C)[C@H]4CC[C@]3(C)[C@H]1[C@@H]2C. The number of fused-ring (bicyclic) bond motifs is 7. The molecule has 4 aliphatic carbocycles. The van der Waals surface area contributed by atoms with Gasteiger partial charge in [-0.25, -0.2) is 0 Å². The summed E-state index contributed by atoms with van der Waals surface area (Å²) >= 11 is 0. The average molecular weight is 433 g/mol. The monoisotopic (exact) mass is 432 g/mol. The molecule has 4 heteroatoms. The second-order valence-corrected chi connectivity index (χ2v) is 13.2. The standard InChI is InChI=1S/C27H44O4/c1-15-7-12-27(30-14-15)16(2)21-24(31-27)23(29)22-19-6-5-17-13-18(28)8-10-25(17,3)20(19)9-11-26(21,22)4/h15-24,28-29H,5-14H2,1-4H3/t15-,16+,17+,18-,19-,20+,21+,22-,23-,24-,25+,26-,27-/m1/s1. The molecule has 0 radical (unpaired) electrons. The molecule has 1 spiro atoms. The molecule has 31 heavy (non-hydrogen) atoms. The lowest BCUT2D eigenvalue weighted by Gasteiger charge is -2.61. The topological polar surface area (TPSA) is 58.9 Å². The molecule has 2 N–H and O–H groups in total. The molecule has 0 aromatic carbocycles. The van der Waals surface area contributed by atoms with E-state index in [1.807, 2.05) is 0 Å². The quantitative estimate of drug-likeness (QED) is 0.579. The number of aliphatic hydroxyl groups excluding tert-OH is 2. The van der Waals surface area contributed by atoms with E-state index in [-0.39, 0.29) is 23.7 Å². The Morgan fingerprint density at radius 1 is 0.839 bits per heavy atom. The van der Waals surface area contributed by atoms with Crippen molar-refractivity contribution in [3.05, 3.63) is 0 Å². The lowest BCUT2D eigenvalue weighted by molar-refractivity contribution is -0.282. The smallest absolute Gasteiger partial charge is 0.171 e. The van der Waals surface area contributed by atoms with E-state index in [1.54, 1.807) is 0 Å². The van der Waals surface area contributed by atoms with Crippen LogP contribution in [0.4, 0.5) is 0 Å². The summed E-state index contributed by atoms with van der Waals surface area (Å²) in [6.07, 6.45) is 9.69. The van der Waals surface area contributed by atoms with Crippen molar-refractivity contribution in [2.24, 2.45) is 52.3 Å². The minimum atomic E-state index is -0.462. The van der Waals surface area contributed by atoms with Crippen molar-refractivity contribution < 1.29 is 19.7 Å². The van der Waals surface area contributed by atoms with Gasteiger partial charge in [0.15, 0.2) is 5.79 Å². The maximum absolute atomic E-state index is 11.8. The van der Waals surface area contributed by atoms with Crippen molar-refractivity contribution in [2.75, 3.05) is 6.61 Å². The van der Waals surface area contributed by atoms with E-state index in [2.05, 4.69) is 27.7 Å². The first-order chi connectivity index (χ1) is 14.7. The van der Waals surface area contributed by atoms with Gasteiger partial charge in [0.25, 0.3) is 0 Å². The number of hydrogen-bond donors (Lipinski definition) is 2. The Bertz CT molecular complexity index is 716. The van der Waals surface area contributed by atoms with Gasteiger partial charge in [0.1, 0.15) is 0 Å². The van der Waals surface area contributed by atoms with E-state index in [0.29, 0.717) is 46.8 Å². The van der Waals surface area contributed by atoms with Gasteiger partial charge in [0.05, 0.1) is 24.9 Å². The molecule has 0 aromatic heterocycles. The number of aliphatic hydroxyl groups is 2. The molecule has 6 fully saturated rings. The van der Waals surface area contributed by atoms with Crippen molar-refractivity contribution in [3.8, 4) is 0 Å². The lowest BCUT2D eigenvalue weighted by Crippen LogP contribution is -2.56. The Labute approximate surface area is 188 Å². The Morgan fingerprint density at radius 2 is 1.61 bits per heavy atom. The number of rotatable bonds is 0. The molecular formula is C27H44O4. The Hall–Kier alpha value is -0.160. The summed E-state index contributed by atoms with van der Waals surface area (Å²) in [6.45, 7) is 10.4. The van der Waals surface area contributed by atoms with Gasteiger partial charge >= 0.3 is 0 Å². The highest BCUT2D eigenvalue weighted by Crippen LogP contribution is 2.71. The van der Waals surface area contributed by atoms with Crippen LogP contribution >= 0.6 is 0 Å². The van der Waals surface area contributed by atoms with Gasteiger partial charge in [0, 0.05) is 18.3 Å². The summed E-state index contributed by atoms with van der Waals surface area (Å²) in [5.74, 6) is 3.22. The fourth-order valence-electron chi connectivity index (χ4n) is 10.3. The van der Waals surface area contributed by atoms with Crippen LogP contribution < -0.4 is 0 Å². The van der Waals surface area contributed by atoms with Crippen LogP contribution in [0.1, 0.15) is 85.5 Å². The van der Waals surface area contributed by atoms with Crippen molar-refractivity contribution in [1.82, 2.24) is 0 Å². The molecule has 4 nitrogen and oxygen atoms in total. The molecule has 0 bridgehead atoms. The van der Waals surface area contributed by atoms with Crippen LogP contribution in [0.5, 0.6) is 0 Å². The molecule has 2 aliphatic heterocycles. The van der Waals surface area contributed by atoms with Crippen molar-refractivity contribution >= 4 is 0 Å². The minimum absolute atomic E-state index is 0.0594. The number of hydrogen-bond acceptors (Lipinski definition) is 4. The first kappa shape index (κ1) is 21.4. The molecule has 6 rings (SSSR count). The highest BCUT2D eigenvalue weighted by Gasteiger charge is 2.72. The summed E-state index contributed by atoms with van der Waals surface area (Å²) < 4.78 is 13.2. The Balaban J connectivity index is 1.30. The molecule has 0 amide bonds. The van der Waals surface area contributed by atoms with Crippen LogP contribution in [0.2, 0.25) is 0 Å². The molecular weight excluding hydrogens is 388 g/mol. The van der Waals surface area contributed by atoms with E-state index in [0.717, 1.165) is 38.7 Å². The molecule has 6 aliphatic rings. The van der Waals surface area contributed by atoms with Gasteiger partial charge in [-0.05, 0) is 91.8 Å². The van der Waals surface area contributed by atoms with Crippen LogP contribution in [-0.2, 0) is 9.47 Å². The maximum Gasteiger partial charge on any atom is 0.171 e. The third-order valence-corrected chi connectivity index (χ3v) is 11.9. The summed E-state index contributed by atoms with van der Waals surface area (Å²) in [4.78, 5) is 0. The number of ether oxygens (including phenoxy) is 2. The predicted octanol–water partition coefficient (Wildman–Crippen LogP) is 4.76. The molecule has 176 valence electrons. The van der Waals surface area contributed by atoms with Crippen LogP contribution in [0.25, 0.3) is 0 Å². The highest BCUT2D eigenvalue weighted by molar-refractivity contribution is 5.18. The van der Waals surface area contributed by atoms with Crippen molar-refractivity contribution in [2.45, 2.75) is 110 Å².